The van der Waals surface area contributed by atoms with Crippen LogP contribution in [-0.4, -0.2) is 12.5 Å². The third-order valence-corrected chi connectivity index (χ3v) is 1.79. The van der Waals surface area contributed by atoms with Gasteiger partial charge in [0.05, 0.1) is 5.82 Å². The minimum absolute atomic E-state index is 0.0206. The highest BCUT2D eigenvalue weighted by Crippen LogP contribution is 2.41. The number of nitrogens with two attached hydrogens (primary N) is 1. The van der Waals surface area contributed by atoms with Crippen molar-refractivity contribution in [1.29, 1.82) is 0 Å². The van der Waals surface area contributed by atoms with Crippen LogP contribution in [0.1, 0.15) is 12.8 Å². The largest absolute Gasteiger partial charge is 0.386 e. The van der Waals surface area contributed by atoms with Gasteiger partial charge in [0.25, 0.3) is 0 Å². The van der Waals surface area contributed by atoms with E-state index in [1.807, 2.05) is 0 Å². The van der Waals surface area contributed by atoms with E-state index in [2.05, 4.69) is 11.9 Å². The van der Waals surface area contributed by atoms with Crippen molar-refractivity contribution in [3.8, 4) is 0 Å². The average molecular weight is 162 g/mol. The quantitative estimate of drug-likeness (QED) is 0.651. The third kappa shape index (κ3) is 2.37. The maximum atomic E-state index is 12.2. The molecule has 0 aromatic carbocycles. The normalized spacial score (nSPS) is 22.4. The molecule has 1 saturated carbocycles. The van der Waals surface area contributed by atoms with Gasteiger partial charge in [-0.15, -0.1) is 0 Å². The molecule has 0 heterocycles. The summed E-state index contributed by atoms with van der Waals surface area (Å²) in [6.45, 7) is 3.92. The van der Waals surface area contributed by atoms with Crippen molar-refractivity contribution in [1.82, 2.24) is 5.32 Å². The van der Waals surface area contributed by atoms with E-state index < -0.39 is 5.92 Å². The molecule has 0 saturated heterocycles. The Balaban J connectivity index is 2.09. The molecule has 1 fully saturated rings. The summed E-state index contributed by atoms with van der Waals surface area (Å²) in [6.07, 6.45) is -0.0411. The fraction of sp³-hybridized carbons (Fsp3) is 0.714. The Morgan fingerprint density at radius 2 is 2.18 bits per heavy atom. The summed E-state index contributed by atoms with van der Waals surface area (Å²) >= 11 is 0. The summed E-state index contributed by atoms with van der Waals surface area (Å²) in [6, 6.07) is 0. The van der Waals surface area contributed by atoms with Gasteiger partial charge in [-0.2, -0.15) is 0 Å². The molecule has 1 aliphatic carbocycles. The van der Waals surface area contributed by atoms with Crippen LogP contribution in [0.3, 0.4) is 0 Å². The van der Waals surface area contributed by atoms with E-state index in [4.69, 9.17) is 5.73 Å². The van der Waals surface area contributed by atoms with Gasteiger partial charge in [-0.05, 0) is 5.92 Å². The summed E-state index contributed by atoms with van der Waals surface area (Å²) in [7, 11) is 0. The summed E-state index contributed by atoms with van der Waals surface area (Å²) in [5, 5.41) is 2.74. The molecule has 1 rings (SSSR count). The van der Waals surface area contributed by atoms with E-state index >= 15 is 0 Å². The van der Waals surface area contributed by atoms with Gasteiger partial charge in [0, 0.05) is 19.4 Å². The lowest BCUT2D eigenvalue weighted by molar-refractivity contribution is -0.108. The highest BCUT2D eigenvalue weighted by atomic mass is 19.3. The Morgan fingerprint density at radius 3 is 2.55 bits per heavy atom. The van der Waals surface area contributed by atoms with Crippen LogP contribution in [0.4, 0.5) is 8.78 Å². The first-order valence-corrected chi connectivity index (χ1v) is 3.56. The monoisotopic (exact) mass is 162 g/mol. The zero-order chi connectivity index (χ0) is 8.48. The maximum Gasteiger partial charge on any atom is 0.248 e. The van der Waals surface area contributed by atoms with Crippen molar-refractivity contribution in [2.75, 3.05) is 6.54 Å². The predicted molar refractivity (Wildman–Crippen MR) is 39.0 cm³/mol. The van der Waals surface area contributed by atoms with Gasteiger partial charge >= 0.3 is 0 Å². The number of hydrogen-bond acceptors (Lipinski definition) is 2. The Labute approximate surface area is 64.5 Å². The number of rotatable bonds is 3. The first-order valence-electron chi connectivity index (χ1n) is 3.56. The molecule has 0 unspecified atom stereocenters. The fourth-order valence-corrected chi connectivity index (χ4v) is 1.20. The lowest BCUT2D eigenvalue weighted by Gasteiger charge is -2.35. The minimum atomic E-state index is -2.43. The predicted octanol–water partition coefficient (Wildman–Crippen LogP) is 1.05. The standard InChI is InChI=1S/C7H12F2N2/c1-5(10)11-4-6-2-7(8,9)3-6/h6,11H,1-4,10H2. The van der Waals surface area contributed by atoms with E-state index in [9.17, 15) is 8.78 Å². The summed E-state index contributed by atoms with van der Waals surface area (Å²) < 4.78 is 24.5. The second-order valence-corrected chi connectivity index (χ2v) is 3.04. The van der Waals surface area contributed by atoms with Crippen molar-refractivity contribution < 1.29 is 8.78 Å². The first kappa shape index (κ1) is 8.30. The Kier molecular flexibility index (Phi) is 2.02. The highest BCUT2D eigenvalue weighted by Gasteiger charge is 2.44. The maximum absolute atomic E-state index is 12.2. The molecule has 4 heteroatoms. The molecule has 0 bridgehead atoms. The van der Waals surface area contributed by atoms with Crippen LogP contribution >= 0.6 is 0 Å². The van der Waals surface area contributed by atoms with E-state index in [0.717, 1.165) is 0 Å². The number of hydrogen-bond donors (Lipinski definition) is 2. The van der Waals surface area contributed by atoms with Crippen molar-refractivity contribution >= 4 is 0 Å². The molecule has 11 heavy (non-hydrogen) atoms. The van der Waals surface area contributed by atoms with Gasteiger partial charge in [0.2, 0.25) is 5.92 Å². The smallest absolute Gasteiger partial charge is 0.248 e. The van der Waals surface area contributed by atoms with E-state index in [1.165, 1.54) is 0 Å². The van der Waals surface area contributed by atoms with Crippen LogP contribution in [0.15, 0.2) is 12.4 Å². The van der Waals surface area contributed by atoms with E-state index in [-0.39, 0.29) is 18.8 Å². The van der Waals surface area contributed by atoms with Crippen LogP contribution in [0.2, 0.25) is 0 Å². The van der Waals surface area contributed by atoms with Gasteiger partial charge in [0.1, 0.15) is 0 Å². The van der Waals surface area contributed by atoms with Crippen LogP contribution < -0.4 is 11.1 Å². The average Bonchev–Trinajstić information content (AvgIpc) is 1.78. The second-order valence-electron chi connectivity index (χ2n) is 3.04. The highest BCUT2D eigenvalue weighted by molar-refractivity contribution is 4.91. The Hall–Kier alpha value is -0.800. The zero-order valence-corrected chi connectivity index (χ0v) is 6.24. The Bertz CT molecular complexity index is 160. The van der Waals surface area contributed by atoms with Crippen molar-refractivity contribution in [2.24, 2.45) is 11.7 Å². The molecule has 0 amide bonds. The van der Waals surface area contributed by atoms with Gasteiger partial charge in [-0.1, -0.05) is 6.58 Å². The number of halogens is 2. The molecule has 0 aliphatic heterocycles. The van der Waals surface area contributed by atoms with E-state index in [0.29, 0.717) is 12.4 Å². The third-order valence-electron chi connectivity index (χ3n) is 1.79. The fourth-order valence-electron chi connectivity index (χ4n) is 1.20. The van der Waals surface area contributed by atoms with Crippen molar-refractivity contribution in [3.63, 3.8) is 0 Å². The van der Waals surface area contributed by atoms with E-state index in [1.54, 1.807) is 0 Å². The summed E-state index contributed by atoms with van der Waals surface area (Å²) in [5.41, 5.74) is 5.19. The van der Waals surface area contributed by atoms with Crippen LogP contribution in [0, 0.1) is 5.92 Å². The zero-order valence-electron chi connectivity index (χ0n) is 6.24. The van der Waals surface area contributed by atoms with Crippen LogP contribution in [-0.2, 0) is 0 Å². The minimum Gasteiger partial charge on any atom is -0.386 e. The number of nitrogens with one attached hydrogen (secondary N) is 1. The SMILES string of the molecule is C=C(N)NCC1CC(F)(F)C1. The molecular weight excluding hydrogens is 150 g/mol. The lowest BCUT2D eigenvalue weighted by Crippen LogP contribution is -2.41. The van der Waals surface area contributed by atoms with Crippen molar-refractivity contribution in [3.05, 3.63) is 12.4 Å². The molecule has 0 aromatic rings. The molecule has 0 atom stereocenters. The topological polar surface area (TPSA) is 38.0 Å². The Morgan fingerprint density at radius 1 is 1.64 bits per heavy atom. The molecular formula is C7H12F2N2. The number of alkyl halides is 2. The van der Waals surface area contributed by atoms with Gasteiger partial charge in [-0.3, -0.25) is 0 Å². The van der Waals surface area contributed by atoms with Crippen LogP contribution in [0.5, 0.6) is 0 Å². The molecule has 1 aliphatic rings. The first-order chi connectivity index (χ1) is 4.99. The van der Waals surface area contributed by atoms with Crippen molar-refractivity contribution in [2.45, 2.75) is 18.8 Å². The molecule has 64 valence electrons. The lowest BCUT2D eigenvalue weighted by atomic mass is 9.81. The molecule has 0 spiro atoms. The van der Waals surface area contributed by atoms with Gasteiger partial charge in [-0.25, -0.2) is 8.78 Å². The molecule has 3 N–H and O–H groups in total. The summed E-state index contributed by atoms with van der Waals surface area (Å²) in [4.78, 5) is 0. The summed E-state index contributed by atoms with van der Waals surface area (Å²) in [5.74, 6) is -2.02. The van der Waals surface area contributed by atoms with Gasteiger partial charge < -0.3 is 11.1 Å². The van der Waals surface area contributed by atoms with Gasteiger partial charge in [0.15, 0.2) is 0 Å². The second kappa shape index (κ2) is 2.68. The molecule has 0 aromatic heterocycles. The van der Waals surface area contributed by atoms with Crippen LogP contribution in [0.25, 0.3) is 0 Å². The molecule has 0 radical (unpaired) electrons. The molecule has 2 nitrogen and oxygen atoms in total.